The van der Waals surface area contributed by atoms with Crippen LogP contribution in [0, 0.1) is 12.8 Å². The van der Waals surface area contributed by atoms with Crippen LogP contribution in [0.1, 0.15) is 31.4 Å². The van der Waals surface area contributed by atoms with E-state index in [1.807, 2.05) is 19.1 Å². The molecule has 4 heteroatoms. The molecule has 0 aliphatic carbocycles. The average Bonchev–Trinajstić information content (AvgIpc) is 2.36. The Labute approximate surface area is 121 Å². The van der Waals surface area contributed by atoms with Crippen molar-refractivity contribution in [1.29, 1.82) is 0 Å². The number of hydrogen-bond acceptors (Lipinski definition) is 3. The number of phenolic OH excluding ortho intramolecular Hbond substituents is 1. The number of likely N-dealkylation sites (N-methyl/N-ethyl adjacent to an activating group) is 1. The predicted molar refractivity (Wildman–Crippen MR) is 81.6 cm³/mol. The number of aromatic hydroxyl groups is 1. The van der Waals surface area contributed by atoms with Crippen molar-refractivity contribution in [3.05, 3.63) is 29.3 Å². The van der Waals surface area contributed by atoms with E-state index in [2.05, 4.69) is 19.2 Å². The fourth-order valence-electron chi connectivity index (χ4n) is 2.14. The van der Waals surface area contributed by atoms with E-state index in [1.54, 1.807) is 25.1 Å². The molecule has 1 amide bonds. The van der Waals surface area contributed by atoms with Crippen molar-refractivity contribution in [3.8, 4) is 5.75 Å². The van der Waals surface area contributed by atoms with Crippen LogP contribution in [0.25, 0.3) is 0 Å². The molecule has 2 N–H and O–H groups in total. The van der Waals surface area contributed by atoms with E-state index >= 15 is 0 Å². The van der Waals surface area contributed by atoms with Gasteiger partial charge in [-0.05, 0) is 25.3 Å². The Morgan fingerprint density at radius 2 is 2.00 bits per heavy atom. The zero-order valence-electron chi connectivity index (χ0n) is 13.1. The lowest BCUT2D eigenvalue weighted by atomic mass is 10.0. The molecule has 112 valence electrons. The normalized spacial score (nSPS) is 12.5. The van der Waals surface area contributed by atoms with Crippen LogP contribution in [-0.4, -0.2) is 36.1 Å². The summed E-state index contributed by atoms with van der Waals surface area (Å²) in [4.78, 5) is 13.8. The molecule has 1 atom stereocenters. The number of rotatable bonds is 6. The van der Waals surface area contributed by atoms with Crippen LogP contribution in [0.15, 0.2) is 18.2 Å². The lowest BCUT2D eigenvalue weighted by Gasteiger charge is -2.23. The topological polar surface area (TPSA) is 52.6 Å². The Kier molecular flexibility index (Phi) is 6.02. The minimum atomic E-state index is -0.218. The molecule has 1 aromatic rings. The van der Waals surface area contributed by atoms with Gasteiger partial charge in [0.15, 0.2) is 0 Å². The van der Waals surface area contributed by atoms with E-state index in [4.69, 9.17) is 0 Å². The van der Waals surface area contributed by atoms with Gasteiger partial charge >= 0.3 is 0 Å². The van der Waals surface area contributed by atoms with E-state index in [9.17, 15) is 9.90 Å². The van der Waals surface area contributed by atoms with E-state index in [0.717, 1.165) is 17.5 Å². The number of carbonyl (C=O) groups excluding carboxylic acids is 1. The van der Waals surface area contributed by atoms with Crippen LogP contribution < -0.4 is 5.32 Å². The van der Waals surface area contributed by atoms with Crippen molar-refractivity contribution in [3.63, 3.8) is 0 Å². The van der Waals surface area contributed by atoms with Gasteiger partial charge in [-0.2, -0.15) is 0 Å². The van der Waals surface area contributed by atoms with Crippen LogP contribution in [-0.2, 0) is 11.3 Å². The molecule has 0 aromatic heterocycles. The molecule has 0 radical (unpaired) electrons. The smallest absolute Gasteiger partial charge is 0.239 e. The monoisotopic (exact) mass is 278 g/mol. The van der Waals surface area contributed by atoms with Gasteiger partial charge in [-0.3, -0.25) is 4.79 Å². The number of nitrogens with one attached hydrogen (secondary N) is 1. The van der Waals surface area contributed by atoms with Crippen molar-refractivity contribution in [2.75, 3.05) is 14.1 Å². The first kappa shape index (κ1) is 16.5. The molecule has 4 nitrogen and oxygen atoms in total. The summed E-state index contributed by atoms with van der Waals surface area (Å²) in [5, 5.41) is 13.1. The van der Waals surface area contributed by atoms with Crippen LogP contribution in [0.4, 0.5) is 0 Å². The van der Waals surface area contributed by atoms with E-state index in [0.29, 0.717) is 12.5 Å². The maximum Gasteiger partial charge on any atom is 0.239 e. The number of aryl methyl sites for hydroxylation is 1. The molecule has 1 unspecified atom stereocenters. The molecule has 1 rings (SSSR count). The molecule has 0 saturated heterocycles. The summed E-state index contributed by atoms with van der Waals surface area (Å²) in [5.74, 6) is 0.775. The minimum Gasteiger partial charge on any atom is -0.508 e. The standard InChI is InChI=1S/C16H26N2O2/c1-11(2)8-14(16(20)18(4)5)17-10-13-9-12(3)6-7-15(13)19/h6-7,9,11,14,17,19H,8,10H2,1-5H3. The Balaban J connectivity index is 2.75. The molecule has 1 aromatic carbocycles. The summed E-state index contributed by atoms with van der Waals surface area (Å²) < 4.78 is 0. The summed E-state index contributed by atoms with van der Waals surface area (Å²) in [6, 6.07) is 5.28. The van der Waals surface area contributed by atoms with Gasteiger partial charge in [0, 0.05) is 26.2 Å². The first-order valence-corrected chi connectivity index (χ1v) is 7.04. The quantitative estimate of drug-likeness (QED) is 0.839. The van der Waals surface area contributed by atoms with Gasteiger partial charge in [-0.15, -0.1) is 0 Å². The number of hydrogen-bond donors (Lipinski definition) is 2. The second-order valence-electron chi connectivity index (χ2n) is 5.93. The average molecular weight is 278 g/mol. The number of carbonyl (C=O) groups is 1. The van der Waals surface area contributed by atoms with Gasteiger partial charge in [0.05, 0.1) is 6.04 Å². The van der Waals surface area contributed by atoms with Gasteiger partial charge in [0.1, 0.15) is 5.75 Å². The third-order valence-corrected chi connectivity index (χ3v) is 3.22. The second kappa shape index (κ2) is 7.29. The van der Waals surface area contributed by atoms with E-state index in [1.165, 1.54) is 0 Å². The van der Waals surface area contributed by atoms with Gasteiger partial charge in [-0.1, -0.05) is 31.5 Å². The highest BCUT2D eigenvalue weighted by Gasteiger charge is 2.21. The molecule has 0 fully saturated rings. The fourth-order valence-corrected chi connectivity index (χ4v) is 2.14. The van der Waals surface area contributed by atoms with Crippen LogP contribution in [0.2, 0.25) is 0 Å². The lowest BCUT2D eigenvalue weighted by Crippen LogP contribution is -2.44. The number of benzene rings is 1. The number of phenols is 1. The Morgan fingerprint density at radius 1 is 1.35 bits per heavy atom. The molecule has 0 spiro atoms. The van der Waals surface area contributed by atoms with Gasteiger partial charge < -0.3 is 15.3 Å². The summed E-state index contributed by atoms with van der Waals surface area (Å²) in [7, 11) is 3.53. The van der Waals surface area contributed by atoms with Gasteiger partial charge in [0.25, 0.3) is 0 Å². The lowest BCUT2D eigenvalue weighted by molar-refractivity contribution is -0.131. The van der Waals surface area contributed by atoms with Crippen LogP contribution in [0.5, 0.6) is 5.75 Å². The third-order valence-electron chi connectivity index (χ3n) is 3.22. The molecule has 0 saturated carbocycles. The predicted octanol–water partition coefficient (Wildman–Crippen LogP) is 2.29. The summed E-state index contributed by atoms with van der Waals surface area (Å²) in [6.07, 6.45) is 0.781. The second-order valence-corrected chi connectivity index (χ2v) is 5.93. The molecule has 20 heavy (non-hydrogen) atoms. The third kappa shape index (κ3) is 4.85. The highest BCUT2D eigenvalue weighted by molar-refractivity contribution is 5.81. The Bertz CT molecular complexity index is 456. The maximum absolute atomic E-state index is 12.2. The molecular weight excluding hydrogens is 252 g/mol. The largest absolute Gasteiger partial charge is 0.508 e. The van der Waals surface area contributed by atoms with Crippen molar-refractivity contribution in [2.45, 2.75) is 39.8 Å². The van der Waals surface area contributed by atoms with Gasteiger partial charge in [-0.25, -0.2) is 0 Å². The summed E-state index contributed by atoms with van der Waals surface area (Å²) in [6.45, 7) is 6.67. The van der Waals surface area contributed by atoms with Crippen molar-refractivity contribution >= 4 is 5.91 Å². The Morgan fingerprint density at radius 3 is 2.55 bits per heavy atom. The van der Waals surface area contributed by atoms with Crippen molar-refractivity contribution < 1.29 is 9.90 Å². The first-order chi connectivity index (χ1) is 9.31. The highest BCUT2D eigenvalue weighted by Crippen LogP contribution is 2.18. The summed E-state index contributed by atoms with van der Waals surface area (Å²) in [5.41, 5.74) is 1.92. The van der Waals surface area contributed by atoms with E-state index < -0.39 is 0 Å². The minimum absolute atomic E-state index is 0.0749. The molecule has 0 bridgehead atoms. The number of nitrogens with zero attached hydrogens (tertiary/aromatic N) is 1. The molecule has 0 aliphatic rings. The van der Waals surface area contributed by atoms with Crippen LogP contribution >= 0.6 is 0 Å². The maximum atomic E-state index is 12.2. The van der Waals surface area contributed by atoms with Crippen molar-refractivity contribution in [1.82, 2.24) is 10.2 Å². The van der Waals surface area contributed by atoms with Crippen molar-refractivity contribution in [2.24, 2.45) is 5.92 Å². The first-order valence-electron chi connectivity index (χ1n) is 7.04. The van der Waals surface area contributed by atoms with Crippen LogP contribution in [0.3, 0.4) is 0 Å². The number of amides is 1. The van der Waals surface area contributed by atoms with Gasteiger partial charge in [0.2, 0.25) is 5.91 Å². The zero-order chi connectivity index (χ0) is 15.3. The Hall–Kier alpha value is -1.55. The summed E-state index contributed by atoms with van der Waals surface area (Å²) >= 11 is 0. The SMILES string of the molecule is Cc1ccc(O)c(CNC(CC(C)C)C(=O)N(C)C)c1. The zero-order valence-corrected chi connectivity index (χ0v) is 13.1. The molecular formula is C16H26N2O2. The highest BCUT2D eigenvalue weighted by atomic mass is 16.3. The molecule has 0 heterocycles. The van der Waals surface area contributed by atoms with E-state index in [-0.39, 0.29) is 17.7 Å². The fraction of sp³-hybridized carbons (Fsp3) is 0.562. The molecule has 0 aliphatic heterocycles.